The average Bonchev–Trinajstić information content (AvgIpc) is 2.26. The van der Waals surface area contributed by atoms with E-state index in [4.69, 9.17) is 4.74 Å². The van der Waals surface area contributed by atoms with Crippen molar-refractivity contribution >= 4 is 5.91 Å². The molecule has 0 spiro atoms. The molecule has 0 unspecified atom stereocenters. The SMILES string of the molecule is [CH2]Cc1ccccc1OCC(=O)N(C)C. The van der Waals surface area contributed by atoms with Crippen molar-refractivity contribution in [2.24, 2.45) is 0 Å². The minimum absolute atomic E-state index is 0.0473. The summed E-state index contributed by atoms with van der Waals surface area (Å²) in [5.74, 6) is 0.691. The van der Waals surface area contributed by atoms with Crippen LogP contribution in [0.25, 0.3) is 0 Å². The van der Waals surface area contributed by atoms with Crippen molar-refractivity contribution in [3.05, 3.63) is 36.8 Å². The van der Waals surface area contributed by atoms with Crippen LogP contribution in [0.15, 0.2) is 24.3 Å². The van der Waals surface area contributed by atoms with Gasteiger partial charge in [-0.15, -0.1) is 0 Å². The third-order valence-electron chi connectivity index (χ3n) is 2.09. The Bertz CT molecular complexity index is 334. The molecule has 1 amide bonds. The number of amides is 1. The first-order valence-electron chi connectivity index (χ1n) is 4.85. The third-order valence-corrected chi connectivity index (χ3v) is 2.09. The molecule has 0 aromatic heterocycles. The number of rotatable bonds is 4. The van der Waals surface area contributed by atoms with E-state index in [2.05, 4.69) is 6.92 Å². The number of para-hydroxylation sites is 1. The van der Waals surface area contributed by atoms with Crippen LogP contribution in [0.3, 0.4) is 0 Å². The Morgan fingerprint density at radius 1 is 1.40 bits per heavy atom. The summed E-state index contributed by atoms with van der Waals surface area (Å²) in [6.07, 6.45) is 0.659. The molecule has 0 N–H and O–H groups in total. The maximum Gasteiger partial charge on any atom is 0.259 e. The van der Waals surface area contributed by atoms with E-state index < -0.39 is 0 Å². The Hall–Kier alpha value is -1.51. The van der Waals surface area contributed by atoms with E-state index in [0.29, 0.717) is 6.42 Å². The fraction of sp³-hybridized carbons (Fsp3) is 0.333. The van der Waals surface area contributed by atoms with E-state index in [0.717, 1.165) is 11.3 Å². The summed E-state index contributed by atoms with van der Waals surface area (Å²) >= 11 is 0. The zero-order valence-corrected chi connectivity index (χ0v) is 9.19. The molecule has 0 aliphatic rings. The van der Waals surface area contributed by atoms with Crippen LogP contribution in [-0.4, -0.2) is 31.5 Å². The van der Waals surface area contributed by atoms with Crippen LogP contribution < -0.4 is 4.74 Å². The number of carbonyl (C=O) groups is 1. The lowest BCUT2D eigenvalue weighted by atomic mass is 10.1. The second kappa shape index (κ2) is 5.39. The van der Waals surface area contributed by atoms with Crippen LogP contribution in [0, 0.1) is 6.92 Å². The summed E-state index contributed by atoms with van der Waals surface area (Å²) in [7, 11) is 3.41. The molecule has 0 heterocycles. The molecule has 0 aliphatic heterocycles. The Balaban J connectivity index is 2.61. The zero-order valence-electron chi connectivity index (χ0n) is 9.19. The van der Waals surface area contributed by atoms with Gasteiger partial charge < -0.3 is 9.64 Å². The first-order valence-corrected chi connectivity index (χ1v) is 4.85. The van der Waals surface area contributed by atoms with Gasteiger partial charge in [0.1, 0.15) is 5.75 Å². The van der Waals surface area contributed by atoms with Crippen LogP contribution in [0.4, 0.5) is 0 Å². The first kappa shape index (κ1) is 11.6. The number of carbonyl (C=O) groups excluding carboxylic acids is 1. The van der Waals surface area contributed by atoms with Gasteiger partial charge in [-0.05, 0) is 25.0 Å². The maximum absolute atomic E-state index is 11.3. The Morgan fingerprint density at radius 2 is 2.07 bits per heavy atom. The smallest absolute Gasteiger partial charge is 0.259 e. The molecular weight excluding hydrogens is 190 g/mol. The third kappa shape index (κ3) is 3.27. The number of likely N-dealkylation sites (N-methyl/N-ethyl adjacent to an activating group) is 1. The second-order valence-corrected chi connectivity index (χ2v) is 3.43. The van der Waals surface area contributed by atoms with Crippen LogP contribution in [-0.2, 0) is 11.2 Å². The average molecular weight is 206 g/mol. The van der Waals surface area contributed by atoms with Crippen molar-refractivity contribution in [3.8, 4) is 5.75 Å². The van der Waals surface area contributed by atoms with Crippen molar-refractivity contribution in [3.63, 3.8) is 0 Å². The molecular formula is C12H16NO2. The molecule has 0 saturated heterocycles. The highest BCUT2D eigenvalue weighted by Crippen LogP contribution is 2.17. The van der Waals surface area contributed by atoms with Gasteiger partial charge in [0, 0.05) is 14.1 Å². The zero-order chi connectivity index (χ0) is 11.3. The van der Waals surface area contributed by atoms with Gasteiger partial charge >= 0.3 is 0 Å². The lowest BCUT2D eigenvalue weighted by Gasteiger charge is -2.13. The van der Waals surface area contributed by atoms with Gasteiger partial charge in [-0.3, -0.25) is 4.79 Å². The highest BCUT2D eigenvalue weighted by atomic mass is 16.5. The van der Waals surface area contributed by atoms with Gasteiger partial charge in [-0.1, -0.05) is 18.2 Å². The largest absolute Gasteiger partial charge is 0.483 e. The minimum atomic E-state index is -0.0473. The van der Waals surface area contributed by atoms with E-state index >= 15 is 0 Å². The van der Waals surface area contributed by atoms with Crippen LogP contribution in [0.5, 0.6) is 5.75 Å². The fourth-order valence-electron chi connectivity index (χ4n) is 1.12. The molecule has 3 heteroatoms. The molecule has 1 radical (unpaired) electrons. The predicted octanol–water partition coefficient (Wildman–Crippen LogP) is 1.53. The summed E-state index contributed by atoms with van der Waals surface area (Å²) in [6.45, 7) is 3.88. The molecule has 0 aliphatic carbocycles. The standard InChI is InChI=1S/C12H16NO2/c1-4-10-7-5-6-8-11(10)15-9-12(14)13(2)3/h5-8H,1,4,9H2,2-3H3. The van der Waals surface area contributed by atoms with Crippen LogP contribution in [0.1, 0.15) is 5.56 Å². The number of nitrogens with zero attached hydrogens (tertiary/aromatic N) is 1. The summed E-state index contributed by atoms with van der Waals surface area (Å²) in [4.78, 5) is 12.8. The van der Waals surface area contributed by atoms with Crippen LogP contribution >= 0.6 is 0 Å². The number of hydrogen-bond acceptors (Lipinski definition) is 2. The lowest BCUT2D eigenvalue weighted by molar-refractivity contribution is -0.130. The monoisotopic (exact) mass is 206 g/mol. The quantitative estimate of drug-likeness (QED) is 0.747. The van der Waals surface area contributed by atoms with Gasteiger partial charge in [0.2, 0.25) is 0 Å². The van der Waals surface area contributed by atoms with Crippen molar-refractivity contribution in [1.82, 2.24) is 4.90 Å². The van der Waals surface area contributed by atoms with Crippen molar-refractivity contribution < 1.29 is 9.53 Å². The van der Waals surface area contributed by atoms with Gasteiger partial charge in [0.15, 0.2) is 6.61 Å². The van der Waals surface area contributed by atoms with Gasteiger partial charge in [0.05, 0.1) is 0 Å². The summed E-state index contributed by atoms with van der Waals surface area (Å²) in [5.41, 5.74) is 1.02. The fourth-order valence-corrected chi connectivity index (χ4v) is 1.12. The molecule has 0 atom stereocenters. The molecule has 0 bridgehead atoms. The molecule has 15 heavy (non-hydrogen) atoms. The normalized spacial score (nSPS) is 9.80. The molecule has 0 fully saturated rings. The predicted molar refractivity (Wildman–Crippen MR) is 59.7 cm³/mol. The summed E-state index contributed by atoms with van der Waals surface area (Å²) < 4.78 is 5.42. The van der Waals surface area contributed by atoms with E-state index in [1.54, 1.807) is 14.1 Å². The minimum Gasteiger partial charge on any atom is -0.483 e. The lowest BCUT2D eigenvalue weighted by Crippen LogP contribution is -2.27. The Labute approximate surface area is 90.7 Å². The summed E-state index contributed by atoms with van der Waals surface area (Å²) in [5, 5.41) is 0. The van der Waals surface area contributed by atoms with Gasteiger partial charge in [-0.25, -0.2) is 0 Å². The second-order valence-electron chi connectivity index (χ2n) is 3.43. The van der Waals surface area contributed by atoms with E-state index in [9.17, 15) is 4.79 Å². The Morgan fingerprint density at radius 3 is 2.67 bits per heavy atom. The number of hydrogen-bond donors (Lipinski definition) is 0. The topological polar surface area (TPSA) is 29.5 Å². The van der Waals surface area contributed by atoms with E-state index in [1.807, 2.05) is 24.3 Å². The molecule has 3 nitrogen and oxygen atoms in total. The van der Waals surface area contributed by atoms with E-state index in [-0.39, 0.29) is 12.5 Å². The van der Waals surface area contributed by atoms with Crippen molar-refractivity contribution in [1.29, 1.82) is 0 Å². The van der Waals surface area contributed by atoms with Gasteiger partial charge in [-0.2, -0.15) is 0 Å². The van der Waals surface area contributed by atoms with E-state index in [1.165, 1.54) is 4.90 Å². The van der Waals surface area contributed by atoms with Gasteiger partial charge in [0.25, 0.3) is 5.91 Å². The van der Waals surface area contributed by atoms with Crippen molar-refractivity contribution in [2.45, 2.75) is 6.42 Å². The number of ether oxygens (including phenoxy) is 1. The molecule has 1 aromatic carbocycles. The Kier molecular flexibility index (Phi) is 4.16. The number of benzene rings is 1. The molecule has 1 aromatic rings. The molecule has 0 saturated carbocycles. The van der Waals surface area contributed by atoms with Crippen molar-refractivity contribution in [2.75, 3.05) is 20.7 Å². The molecule has 81 valence electrons. The van der Waals surface area contributed by atoms with Crippen LogP contribution in [0.2, 0.25) is 0 Å². The highest BCUT2D eigenvalue weighted by molar-refractivity contribution is 5.77. The summed E-state index contributed by atoms with van der Waals surface area (Å²) in [6, 6.07) is 7.61. The maximum atomic E-state index is 11.3. The first-order chi connectivity index (χ1) is 7.15. The highest BCUT2D eigenvalue weighted by Gasteiger charge is 2.06. The molecule has 1 rings (SSSR count).